The third-order valence-corrected chi connectivity index (χ3v) is 6.45. The molecule has 3 nitrogen and oxygen atoms in total. The number of benzene rings is 1. The Morgan fingerprint density at radius 1 is 1.42 bits per heavy atom. The first-order valence-electron chi connectivity index (χ1n) is 6.43. The van der Waals surface area contributed by atoms with Crippen LogP contribution in [0.1, 0.15) is 32.6 Å². The van der Waals surface area contributed by atoms with Crippen LogP contribution in [-0.4, -0.2) is 25.3 Å². The lowest BCUT2D eigenvalue weighted by Crippen LogP contribution is -2.43. The highest BCUT2D eigenvalue weighted by Gasteiger charge is 2.33. The van der Waals surface area contributed by atoms with Crippen molar-refractivity contribution >= 4 is 37.6 Å². The molecule has 1 aromatic carbocycles. The number of sulfonamides is 1. The number of piperidine rings is 1. The van der Waals surface area contributed by atoms with Crippen LogP contribution in [0.5, 0.6) is 0 Å². The Morgan fingerprint density at radius 3 is 2.84 bits per heavy atom. The molecule has 0 spiro atoms. The van der Waals surface area contributed by atoms with Gasteiger partial charge in [0.05, 0.1) is 5.02 Å². The van der Waals surface area contributed by atoms with Crippen molar-refractivity contribution in [3.8, 4) is 0 Å². The largest absolute Gasteiger partial charge is 0.244 e. The summed E-state index contributed by atoms with van der Waals surface area (Å²) >= 11 is 9.37. The van der Waals surface area contributed by atoms with E-state index in [1.807, 2.05) is 6.92 Å². The Kier molecular flexibility index (Phi) is 4.93. The summed E-state index contributed by atoms with van der Waals surface area (Å²) in [5.74, 6) is 0. The molecule has 6 heteroatoms. The molecule has 1 atom stereocenters. The molecule has 1 aliphatic rings. The number of hydrogen-bond acceptors (Lipinski definition) is 2. The lowest BCUT2D eigenvalue weighted by atomic mass is 10.0. The average Bonchev–Trinajstić information content (AvgIpc) is 2.41. The summed E-state index contributed by atoms with van der Waals surface area (Å²) < 4.78 is 27.8. The first-order chi connectivity index (χ1) is 8.96. The molecule has 1 fully saturated rings. The van der Waals surface area contributed by atoms with Gasteiger partial charge in [-0.2, -0.15) is 4.31 Å². The van der Waals surface area contributed by atoms with Gasteiger partial charge in [-0.1, -0.05) is 40.9 Å². The molecule has 0 radical (unpaired) electrons. The van der Waals surface area contributed by atoms with Gasteiger partial charge < -0.3 is 0 Å². The second-order valence-electron chi connectivity index (χ2n) is 4.75. The van der Waals surface area contributed by atoms with Gasteiger partial charge in [0, 0.05) is 17.1 Å². The predicted octanol–water partition coefficient (Wildman–Crippen LogP) is 4.06. The molecule has 2 rings (SSSR count). The normalized spacial score (nSPS) is 21.5. The molecule has 0 N–H and O–H groups in total. The molecule has 106 valence electrons. The van der Waals surface area contributed by atoms with E-state index in [1.54, 1.807) is 22.5 Å². The van der Waals surface area contributed by atoms with Crippen molar-refractivity contribution in [2.24, 2.45) is 0 Å². The first-order valence-corrected chi connectivity index (χ1v) is 9.05. The number of nitrogens with zero attached hydrogens (tertiary/aromatic N) is 1. The van der Waals surface area contributed by atoms with E-state index in [1.165, 1.54) is 0 Å². The minimum absolute atomic E-state index is 0.0915. The van der Waals surface area contributed by atoms with Gasteiger partial charge in [0.2, 0.25) is 10.0 Å². The number of halogens is 2. The van der Waals surface area contributed by atoms with Crippen LogP contribution in [0.3, 0.4) is 0 Å². The van der Waals surface area contributed by atoms with Crippen LogP contribution < -0.4 is 0 Å². The summed E-state index contributed by atoms with van der Waals surface area (Å²) in [5, 5.41) is 0.281. The lowest BCUT2D eigenvalue weighted by molar-refractivity contribution is 0.246. The highest BCUT2D eigenvalue weighted by Crippen LogP contribution is 2.32. The molecule has 1 aromatic rings. The smallest absolute Gasteiger partial charge is 0.207 e. The van der Waals surface area contributed by atoms with Crippen molar-refractivity contribution in [1.29, 1.82) is 0 Å². The van der Waals surface area contributed by atoms with E-state index >= 15 is 0 Å². The Hall–Kier alpha value is -0.100. The second kappa shape index (κ2) is 6.12. The fraction of sp³-hybridized carbons (Fsp3) is 0.538. The molecule has 1 heterocycles. The Balaban J connectivity index is 2.43. The van der Waals surface area contributed by atoms with E-state index < -0.39 is 10.0 Å². The summed E-state index contributed by atoms with van der Waals surface area (Å²) in [6, 6.07) is 5.03. The molecule has 19 heavy (non-hydrogen) atoms. The molecule has 0 saturated carbocycles. The molecule has 0 aliphatic carbocycles. The van der Waals surface area contributed by atoms with Crippen LogP contribution >= 0.6 is 27.5 Å². The SMILES string of the molecule is CCC1CCCCN1S(=O)(=O)c1cc(Br)ccc1Cl. The highest BCUT2D eigenvalue weighted by molar-refractivity contribution is 9.10. The van der Waals surface area contributed by atoms with E-state index in [0.29, 0.717) is 6.54 Å². The summed E-state index contributed by atoms with van der Waals surface area (Å²) in [4.78, 5) is 0.198. The molecule has 1 aliphatic heterocycles. The summed E-state index contributed by atoms with van der Waals surface area (Å²) in [6.45, 7) is 2.62. The molecule has 1 saturated heterocycles. The Bertz CT molecular complexity index is 562. The summed E-state index contributed by atoms with van der Waals surface area (Å²) in [7, 11) is -3.51. The molecular weight excluding hydrogens is 350 g/mol. The van der Waals surface area contributed by atoms with Gasteiger partial charge in [0.25, 0.3) is 0 Å². The van der Waals surface area contributed by atoms with E-state index in [-0.39, 0.29) is 16.0 Å². The van der Waals surface area contributed by atoms with Gasteiger partial charge in [-0.15, -0.1) is 0 Å². The highest BCUT2D eigenvalue weighted by atomic mass is 79.9. The van der Waals surface area contributed by atoms with Crippen LogP contribution in [0, 0.1) is 0 Å². The zero-order chi connectivity index (χ0) is 14.0. The predicted molar refractivity (Wildman–Crippen MR) is 81.0 cm³/mol. The van der Waals surface area contributed by atoms with Crippen LogP contribution in [-0.2, 0) is 10.0 Å². The molecule has 1 unspecified atom stereocenters. The van der Waals surface area contributed by atoms with Crippen molar-refractivity contribution < 1.29 is 8.42 Å². The van der Waals surface area contributed by atoms with Crippen molar-refractivity contribution in [1.82, 2.24) is 4.31 Å². The van der Waals surface area contributed by atoms with E-state index in [0.717, 1.165) is 30.2 Å². The zero-order valence-electron chi connectivity index (χ0n) is 10.8. The van der Waals surface area contributed by atoms with E-state index in [9.17, 15) is 8.42 Å². The molecule has 0 aromatic heterocycles. The van der Waals surface area contributed by atoms with Crippen LogP contribution in [0.25, 0.3) is 0 Å². The zero-order valence-corrected chi connectivity index (χ0v) is 13.9. The Labute approximate surface area is 128 Å². The summed E-state index contributed by atoms with van der Waals surface area (Å²) in [5.41, 5.74) is 0. The van der Waals surface area contributed by atoms with Crippen LogP contribution in [0.15, 0.2) is 27.6 Å². The maximum absolute atomic E-state index is 12.8. The number of hydrogen-bond donors (Lipinski definition) is 0. The second-order valence-corrected chi connectivity index (χ2v) is 7.93. The summed E-state index contributed by atoms with van der Waals surface area (Å²) in [6.07, 6.45) is 3.78. The minimum Gasteiger partial charge on any atom is -0.207 e. The lowest BCUT2D eigenvalue weighted by Gasteiger charge is -2.34. The fourth-order valence-corrected chi connectivity index (χ4v) is 5.28. The molecule has 0 amide bonds. The van der Waals surface area contributed by atoms with Gasteiger partial charge >= 0.3 is 0 Å². The first kappa shape index (κ1) is 15.3. The third-order valence-electron chi connectivity index (χ3n) is 3.52. The van der Waals surface area contributed by atoms with Crippen LogP contribution in [0.2, 0.25) is 5.02 Å². The molecular formula is C13H17BrClNO2S. The Morgan fingerprint density at radius 2 is 2.16 bits per heavy atom. The minimum atomic E-state index is -3.51. The van der Waals surface area contributed by atoms with E-state index in [4.69, 9.17) is 11.6 Å². The topological polar surface area (TPSA) is 37.4 Å². The van der Waals surface area contributed by atoms with Gasteiger partial charge in [-0.25, -0.2) is 8.42 Å². The van der Waals surface area contributed by atoms with Crippen molar-refractivity contribution in [3.05, 3.63) is 27.7 Å². The van der Waals surface area contributed by atoms with Gasteiger partial charge in [-0.05, 0) is 37.5 Å². The number of rotatable bonds is 3. The maximum atomic E-state index is 12.8. The van der Waals surface area contributed by atoms with Gasteiger partial charge in [0.15, 0.2) is 0 Å². The average molecular weight is 367 g/mol. The maximum Gasteiger partial charge on any atom is 0.244 e. The monoisotopic (exact) mass is 365 g/mol. The molecule has 0 bridgehead atoms. The van der Waals surface area contributed by atoms with Crippen molar-refractivity contribution in [3.63, 3.8) is 0 Å². The quantitative estimate of drug-likeness (QED) is 0.809. The van der Waals surface area contributed by atoms with Crippen molar-refractivity contribution in [2.45, 2.75) is 43.5 Å². The van der Waals surface area contributed by atoms with E-state index in [2.05, 4.69) is 15.9 Å². The van der Waals surface area contributed by atoms with Gasteiger partial charge in [0.1, 0.15) is 4.90 Å². The van der Waals surface area contributed by atoms with Gasteiger partial charge in [-0.3, -0.25) is 0 Å². The fourth-order valence-electron chi connectivity index (χ4n) is 2.50. The van der Waals surface area contributed by atoms with Crippen LogP contribution in [0.4, 0.5) is 0 Å². The van der Waals surface area contributed by atoms with Crippen molar-refractivity contribution in [2.75, 3.05) is 6.54 Å². The third kappa shape index (κ3) is 3.15. The standard InChI is InChI=1S/C13H17BrClNO2S/c1-2-11-5-3-4-8-16(11)19(17,18)13-9-10(14)6-7-12(13)15/h6-7,9,11H,2-5,8H2,1H3.